The minimum Gasteiger partial charge on any atom is -0.550 e. The van der Waals surface area contributed by atoms with E-state index in [1.807, 2.05) is 0 Å². The van der Waals surface area contributed by atoms with Crippen molar-refractivity contribution in [1.82, 2.24) is 14.7 Å². The Bertz CT molecular complexity index is 2640. The number of hydrogen-bond acceptors (Lipinski definition) is 15. The van der Waals surface area contributed by atoms with Crippen LogP contribution in [0.1, 0.15) is 57.1 Å². The van der Waals surface area contributed by atoms with E-state index in [4.69, 9.17) is 19.8 Å². The van der Waals surface area contributed by atoms with Crippen LogP contribution in [0.25, 0.3) is 17.0 Å². The van der Waals surface area contributed by atoms with E-state index in [-0.39, 0.29) is 71.9 Å². The van der Waals surface area contributed by atoms with Crippen molar-refractivity contribution in [3.8, 4) is 0 Å². The molecule has 0 saturated heterocycles. The fourth-order valence-corrected chi connectivity index (χ4v) is 9.69. The largest absolute Gasteiger partial charge is 3.00 e. The number of unbranched alkanes of at least 4 members (excludes halogenated alkanes) is 2. The van der Waals surface area contributed by atoms with Gasteiger partial charge < -0.3 is 60.0 Å². The molecule has 0 fully saturated rings. The number of nitrogens with one attached hydrogen (secondary N) is 1. The molecule has 2 heterocycles. The van der Waals surface area contributed by atoms with E-state index in [1.54, 1.807) is 36.0 Å². The Morgan fingerprint density at radius 1 is 0.692 bits per heavy atom. The first-order chi connectivity index (χ1) is 36.3. The van der Waals surface area contributed by atoms with E-state index in [1.165, 1.54) is 41.9 Å². The average molecular weight is 1250 g/mol. The number of benzene rings is 3. The van der Waals surface area contributed by atoms with Gasteiger partial charge in [-0.05, 0) is 87.1 Å². The molecule has 1 aromatic heterocycles. The third-order valence-electron chi connectivity index (χ3n) is 12.0. The van der Waals surface area contributed by atoms with Crippen molar-refractivity contribution in [2.45, 2.75) is 69.9 Å². The normalized spacial score (nSPS) is 12.7. The Hall–Kier alpha value is -6.12. The second-order valence-electron chi connectivity index (χ2n) is 19.0. The van der Waals surface area contributed by atoms with Gasteiger partial charge >= 0.3 is 69.8 Å². The van der Waals surface area contributed by atoms with Crippen molar-refractivity contribution in [2.75, 3.05) is 96.8 Å². The number of pyridine rings is 1. The zero-order valence-corrected chi connectivity index (χ0v) is 47.6. The maximum Gasteiger partial charge on any atom is 3.00 e. The van der Waals surface area contributed by atoms with E-state index in [2.05, 4.69) is 103 Å². The first-order valence-electron chi connectivity index (χ1n) is 24.8. The van der Waals surface area contributed by atoms with Gasteiger partial charge in [-0.1, -0.05) is 48.2 Å². The molecule has 6 N–H and O–H groups in total. The molecular weight excluding hydrogens is 1180 g/mol. The molecule has 4 aromatic rings. The number of aromatic nitrogens is 1. The predicted molar refractivity (Wildman–Crippen MR) is 284 cm³/mol. The number of aryl methyl sites for hydroxylation is 1. The summed E-state index contributed by atoms with van der Waals surface area (Å²) >= 11 is 1.79. The minimum absolute atomic E-state index is 0. The third-order valence-corrected chi connectivity index (χ3v) is 13.2. The van der Waals surface area contributed by atoms with Crippen molar-refractivity contribution in [2.24, 2.45) is 0 Å². The van der Waals surface area contributed by atoms with Gasteiger partial charge in [-0.15, -0.1) is 0 Å². The zero-order valence-electron chi connectivity index (χ0n) is 44.5. The number of carbonyl (C=O) groups is 8. The topological polar surface area (TPSA) is 313 Å². The molecule has 1 aliphatic heterocycles. The van der Waals surface area contributed by atoms with Gasteiger partial charge in [0.25, 0.3) is 0 Å². The van der Waals surface area contributed by atoms with Crippen LogP contribution in [-0.4, -0.2) is 185 Å². The summed E-state index contributed by atoms with van der Waals surface area (Å²) in [6.45, 7) is 1.37. The molecule has 1 radical (unpaired) electrons. The Labute approximate surface area is 490 Å². The second-order valence-corrected chi connectivity index (χ2v) is 20.1. The number of nitrogens with zero attached hydrogens (tertiary/aromatic N) is 6. The Morgan fingerprint density at radius 3 is 1.79 bits per heavy atom. The second kappa shape index (κ2) is 34.7. The van der Waals surface area contributed by atoms with Gasteiger partial charge in [0.15, 0.2) is 12.7 Å². The molecule has 423 valence electrons. The molecule has 0 aliphatic carbocycles. The number of anilines is 2. The SMILES string of the molecule is CC(=O)[O-].CC(=O)[O-].CN1/C(=C/c2cc[n+](CCC[N+](C)(C)CCCCCC(=O)Nc3ccc(CC(CN(CCN(CC(=O)O)CC(=O)O)CC(=O)O)N(CC(=O)O)CC(=O)O)cc3)c3ccccc23)Sc2ccccc21.[Gd+3]. The number of fused-ring (bicyclic) bond motifs is 2. The van der Waals surface area contributed by atoms with Gasteiger partial charge in [-0.25, -0.2) is 0 Å². The van der Waals surface area contributed by atoms with Crippen LogP contribution in [0, 0.1) is 39.9 Å². The molecule has 1 atom stereocenters. The summed E-state index contributed by atoms with van der Waals surface area (Å²) in [7, 11) is 6.60. The van der Waals surface area contributed by atoms with Gasteiger partial charge in [0, 0.05) is 73.8 Å². The Balaban J connectivity index is 0.00000216. The molecule has 0 saturated carbocycles. The molecule has 24 heteroatoms. The first kappa shape index (κ1) is 68.0. The van der Waals surface area contributed by atoms with Crippen molar-refractivity contribution >= 4 is 87.8 Å². The maximum absolute atomic E-state index is 12.9. The first-order valence-corrected chi connectivity index (χ1v) is 25.6. The van der Waals surface area contributed by atoms with E-state index >= 15 is 0 Å². The van der Waals surface area contributed by atoms with Crippen molar-refractivity contribution < 1.29 is 123 Å². The van der Waals surface area contributed by atoms with E-state index in [0.717, 1.165) is 68.5 Å². The summed E-state index contributed by atoms with van der Waals surface area (Å²) in [6.07, 6.45) is 8.50. The summed E-state index contributed by atoms with van der Waals surface area (Å²) in [4.78, 5) is 96.1. The van der Waals surface area contributed by atoms with Crippen LogP contribution < -0.4 is 25.0 Å². The smallest absolute Gasteiger partial charge is 0.550 e. The molecule has 0 bridgehead atoms. The van der Waals surface area contributed by atoms with Crippen molar-refractivity contribution in [1.29, 1.82) is 0 Å². The quantitative estimate of drug-likeness (QED) is 0.0247. The number of hydrogen-bond donors (Lipinski definition) is 6. The standard InChI is InChI=1S/C50H63N7O11S.2C2H4O2.Gd/c1-52-42-14-8-9-15-43(42)69-45(52)29-37-21-23-55(41-13-7-6-12-40(37)41)22-11-27-57(2,3)26-10-4-5-16-44(58)51-38-19-17-36(18-20-38)28-39(56(34-49(65)66)35-50(67)68)30-53(31-46(59)60)24-25-54(32-47(61)62)33-48(63)64;2*1-2(3)4;/h6-9,12-15,17-21,23,29,39H,4-5,10-11,16,22,24-28,30-35H2,1-3H3,(H4-2,51,58,59,60,61,62,63,64,65,66,67,68);2*1H3,(H,3,4);/q;;;+3. The fourth-order valence-electron chi connectivity index (χ4n) is 8.59. The van der Waals surface area contributed by atoms with Gasteiger partial charge in [0.05, 0.1) is 82.4 Å². The summed E-state index contributed by atoms with van der Waals surface area (Å²) < 4.78 is 3.21. The molecule has 5 rings (SSSR count). The minimum atomic E-state index is -1.30. The van der Waals surface area contributed by atoms with Gasteiger partial charge in [0.1, 0.15) is 0 Å². The van der Waals surface area contributed by atoms with E-state index in [0.29, 0.717) is 17.7 Å². The Kier molecular flexibility index (Phi) is 30.2. The molecule has 0 spiro atoms. The zero-order chi connectivity index (χ0) is 57.2. The van der Waals surface area contributed by atoms with Gasteiger partial charge in [-0.3, -0.25) is 43.5 Å². The van der Waals surface area contributed by atoms with Crippen LogP contribution in [0.5, 0.6) is 0 Å². The van der Waals surface area contributed by atoms with E-state index < -0.39 is 80.6 Å². The van der Waals surface area contributed by atoms with Crippen LogP contribution >= 0.6 is 11.8 Å². The van der Waals surface area contributed by atoms with Crippen molar-refractivity contribution in [3.05, 3.63) is 101 Å². The summed E-state index contributed by atoms with van der Waals surface area (Å²) in [5.41, 5.74) is 4.82. The average Bonchev–Trinajstić information content (AvgIpc) is 3.64. The number of para-hydroxylation sites is 2. The fraction of sp³-hybridized carbons (Fsp3) is 0.426. The maximum atomic E-state index is 12.9. The summed E-state index contributed by atoms with van der Waals surface area (Å²) in [6, 6.07) is 25.2. The molecule has 3 aromatic carbocycles. The van der Waals surface area contributed by atoms with Crippen LogP contribution in [-0.2, 0) is 51.3 Å². The number of carboxylic acid groups (broad SMARTS) is 7. The van der Waals surface area contributed by atoms with Crippen LogP contribution in [0.15, 0.2) is 95.0 Å². The molecule has 1 aliphatic rings. The molecule has 78 heavy (non-hydrogen) atoms. The number of thioether (sulfide) groups is 1. The number of carbonyl (C=O) groups excluding carboxylic acids is 3. The Morgan fingerprint density at radius 2 is 1.22 bits per heavy atom. The monoisotopic (exact) mass is 1250 g/mol. The number of aliphatic carboxylic acids is 7. The van der Waals surface area contributed by atoms with Gasteiger partial charge in [-0.2, -0.15) is 4.57 Å². The molecule has 1 unspecified atom stereocenters. The summed E-state index contributed by atoms with van der Waals surface area (Å²) in [5.74, 6) is -8.69. The molecular formula is C54H71GdN7O15S+3. The van der Waals surface area contributed by atoms with Crippen molar-refractivity contribution in [3.63, 3.8) is 0 Å². The summed E-state index contributed by atoms with van der Waals surface area (Å²) in [5, 5.41) is 70.5. The van der Waals surface area contributed by atoms with Crippen LogP contribution in [0.3, 0.4) is 0 Å². The number of rotatable bonds is 30. The van der Waals surface area contributed by atoms with Crippen LogP contribution in [0.4, 0.5) is 11.4 Å². The number of quaternary nitrogens is 1. The van der Waals surface area contributed by atoms with E-state index in [9.17, 15) is 54.3 Å². The van der Waals surface area contributed by atoms with Crippen LogP contribution in [0.2, 0.25) is 0 Å². The predicted octanol–water partition coefficient (Wildman–Crippen LogP) is 2.09. The molecule has 1 amide bonds. The number of amides is 1. The molecule has 22 nitrogen and oxygen atoms in total. The van der Waals surface area contributed by atoms with Gasteiger partial charge in [0.2, 0.25) is 11.4 Å². The number of carboxylic acids is 7. The third kappa shape index (κ3) is 26.5.